The highest BCUT2D eigenvalue weighted by molar-refractivity contribution is 6.06. The number of hydrogen-bond acceptors (Lipinski definition) is 4. The van der Waals surface area contributed by atoms with E-state index in [1.54, 1.807) is 30.9 Å². The second-order valence-corrected chi connectivity index (χ2v) is 10.6. The van der Waals surface area contributed by atoms with Crippen LogP contribution in [0.2, 0.25) is 0 Å². The van der Waals surface area contributed by atoms with Crippen LogP contribution in [0.25, 0.3) is 21.9 Å². The van der Waals surface area contributed by atoms with Gasteiger partial charge in [-0.3, -0.25) is 4.79 Å². The summed E-state index contributed by atoms with van der Waals surface area (Å²) in [5, 5.41) is 23.7. The van der Waals surface area contributed by atoms with E-state index in [4.69, 9.17) is 5.26 Å². The molecule has 8 heteroatoms. The lowest BCUT2D eigenvalue weighted by Crippen LogP contribution is -2.41. The number of fused-ring (bicyclic) bond motifs is 1. The average Bonchev–Trinajstić information content (AvgIpc) is 3.59. The summed E-state index contributed by atoms with van der Waals surface area (Å²) in [5.41, 5.74) is 4.62. The van der Waals surface area contributed by atoms with Crippen molar-refractivity contribution in [1.82, 2.24) is 19.4 Å². The van der Waals surface area contributed by atoms with Gasteiger partial charge in [-0.25, -0.2) is 9.78 Å². The minimum absolute atomic E-state index is 0.106. The first-order chi connectivity index (χ1) is 19.8. The summed E-state index contributed by atoms with van der Waals surface area (Å²) in [7, 11) is 0. The predicted octanol–water partition coefficient (Wildman–Crippen LogP) is 5.70. The normalized spacial score (nSPS) is 11.9. The van der Waals surface area contributed by atoms with Crippen LogP contribution in [-0.2, 0) is 17.9 Å². The number of aliphatic carboxylic acids is 1. The largest absolute Gasteiger partial charge is 0.480 e. The number of imidazole rings is 1. The van der Waals surface area contributed by atoms with Gasteiger partial charge < -0.3 is 19.6 Å². The van der Waals surface area contributed by atoms with Crippen molar-refractivity contribution in [2.24, 2.45) is 5.92 Å². The molecule has 2 heterocycles. The Balaban J connectivity index is 1.50. The zero-order valence-electron chi connectivity index (χ0n) is 23.0. The second kappa shape index (κ2) is 11.9. The number of nitrogens with one attached hydrogen (secondary N) is 1. The molecule has 3 aromatic carbocycles. The van der Waals surface area contributed by atoms with Gasteiger partial charge in [-0.05, 0) is 46.4 Å². The minimum atomic E-state index is -1.05. The topological polar surface area (TPSA) is 113 Å². The van der Waals surface area contributed by atoms with Gasteiger partial charge in [0, 0.05) is 30.7 Å². The number of carbonyl (C=O) groups excluding carboxylic acids is 1. The molecule has 0 aliphatic carbocycles. The number of hydrogen-bond donors (Lipinski definition) is 2. The Bertz CT molecular complexity index is 1740. The Kier molecular flexibility index (Phi) is 7.97. The molecule has 2 aromatic heterocycles. The van der Waals surface area contributed by atoms with E-state index in [0.29, 0.717) is 30.6 Å². The van der Waals surface area contributed by atoms with E-state index >= 15 is 0 Å². The fraction of sp³-hybridized carbons (Fsp3) is 0.212. The lowest BCUT2D eigenvalue weighted by Gasteiger charge is -2.17. The van der Waals surface area contributed by atoms with Crippen LogP contribution in [0.3, 0.4) is 0 Å². The first-order valence-electron chi connectivity index (χ1n) is 13.5. The lowest BCUT2D eigenvalue weighted by molar-refractivity contribution is -0.139. The van der Waals surface area contributed by atoms with E-state index in [1.165, 1.54) is 0 Å². The van der Waals surface area contributed by atoms with Crippen LogP contribution >= 0.6 is 0 Å². The van der Waals surface area contributed by atoms with Gasteiger partial charge in [-0.2, -0.15) is 5.26 Å². The number of benzene rings is 3. The van der Waals surface area contributed by atoms with Gasteiger partial charge in [-0.1, -0.05) is 68.4 Å². The van der Waals surface area contributed by atoms with Gasteiger partial charge in [0.25, 0.3) is 5.91 Å². The first kappa shape index (κ1) is 27.4. The molecule has 0 aliphatic rings. The van der Waals surface area contributed by atoms with Gasteiger partial charge in [-0.15, -0.1) is 0 Å². The third-order valence-electron chi connectivity index (χ3n) is 7.09. The van der Waals surface area contributed by atoms with Gasteiger partial charge in [0.15, 0.2) is 0 Å². The summed E-state index contributed by atoms with van der Waals surface area (Å²) >= 11 is 0. The molecule has 0 radical (unpaired) electrons. The third-order valence-corrected chi connectivity index (χ3v) is 7.09. The van der Waals surface area contributed by atoms with Gasteiger partial charge in [0.1, 0.15) is 6.04 Å². The molecule has 0 spiro atoms. The molecule has 5 rings (SSSR count). The number of amides is 1. The maximum absolute atomic E-state index is 13.6. The highest BCUT2D eigenvalue weighted by atomic mass is 16.4. The van der Waals surface area contributed by atoms with Gasteiger partial charge in [0.2, 0.25) is 0 Å². The fourth-order valence-corrected chi connectivity index (χ4v) is 5.07. The first-order valence-corrected chi connectivity index (χ1v) is 13.5. The summed E-state index contributed by atoms with van der Waals surface area (Å²) in [6.45, 7) is 4.90. The van der Waals surface area contributed by atoms with Crippen LogP contribution in [0.5, 0.6) is 0 Å². The standard InChI is InChI=1S/C33H31N5O3/c1-22(2)14-31(33(40)41)36-32(39)30-20-37(19-29(30)28-9-5-7-25-6-3-4-8-27(25)28)18-26-16-35-21-38(26)17-24-12-10-23(15-34)11-13-24/h3-13,16,19-22,31H,14,17-18H2,1-2H3,(H,36,39)(H,40,41)/t31-/m0/s1. The van der Waals surface area contributed by atoms with Crippen LogP contribution in [0.15, 0.2) is 91.6 Å². The highest BCUT2D eigenvalue weighted by Crippen LogP contribution is 2.32. The molecule has 0 saturated heterocycles. The molecular formula is C33H31N5O3. The Hall–Kier alpha value is -5.16. The van der Waals surface area contributed by atoms with Crippen molar-refractivity contribution in [1.29, 1.82) is 5.26 Å². The number of nitriles is 1. The van der Waals surface area contributed by atoms with Crippen molar-refractivity contribution < 1.29 is 14.7 Å². The Morgan fingerprint density at radius 2 is 1.73 bits per heavy atom. The summed E-state index contributed by atoms with van der Waals surface area (Å²) in [6, 6.07) is 22.6. The molecule has 0 unspecified atom stereocenters. The number of carboxylic acid groups (broad SMARTS) is 1. The molecule has 1 atom stereocenters. The highest BCUT2D eigenvalue weighted by Gasteiger charge is 2.25. The van der Waals surface area contributed by atoms with Crippen LogP contribution < -0.4 is 5.32 Å². The van der Waals surface area contributed by atoms with Gasteiger partial charge >= 0.3 is 5.97 Å². The predicted molar refractivity (Wildman–Crippen MR) is 157 cm³/mol. The molecular weight excluding hydrogens is 514 g/mol. The third kappa shape index (κ3) is 6.20. The Labute approximate surface area is 238 Å². The monoisotopic (exact) mass is 545 g/mol. The number of aromatic nitrogens is 3. The van der Waals surface area contributed by atoms with Crippen molar-refractivity contribution >= 4 is 22.6 Å². The summed E-state index contributed by atoms with van der Waals surface area (Å²) in [4.78, 5) is 29.9. The Morgan fingerprint density at radius 3 is 2.46 bits per heavy atom. The average molecular weight is 546 g/mol. The number of rotatable bonds is 10. The molecule has 0 aliphatic heterocycles. The van der Waals surface area contributed by atoms with Crippen LogP contribution in [0.4, 0.5) is 0 Å². The fourth-order valence-electron chi connectivity index (χ4n) is 5.07. The maximum atomic E-state index is 13.6. The molecule has 5 aromatic rings. The van der Waals surface area contributed by atoms with E-state index in [0.717, 1.165) is 33.2 Å². The summed E-state index contributed by atoms with van der Waals surface area (Å²) in [5.74, 6) is -1.37. The zero-order valence-corrected chi connectivity index (χ0v) is 23.0. The zero-order chi connectivity index (χ0) is 28.9. The molecule has 0 saturated carbocycles. The maximum Gasteiger partial charge on any atom is 0.326 e. The molecule has 0 bridgehead atoms. The quantitative estimate of drug-likeness (QED) is 0.234. The number of carbonyl (C=O) groups is 2. The van der Waals surface area contributed by atoms with Crippen molar-refractivity contribution in [2.75, 3.05) is 0 Å². The van der Waals surface area contributed by atoms with E-state index < -0.39 is 17.9 Å². The van der Waals surface area contributed by atoms with Crippen LogP contribution in [-0.4, -0.2) is 37.1 Å². The van der Waals surface area contributed by atoms with Crippen molar-refractivity contribution in [3.05, 3.63) is 114 Å². The van der Waals surface area contributed by atoms with Crippen LogP contribution in [0, 0.1) is 17.2 Å². The van der Waals surface area contributed by atoms with E-state index in [1.807, 2.05) is 83.8 Å². The molecule has 8 nitrogen and oxygen atoms in total. The minimum Gasteiger partial charge on any atom is -0.480 e. The Morgan fingerprint density at radius 1 is 0.976 bits per heavy atom. The smallest absolute Gasteiger partial charge is 0.326 e. The molecule has 0 fully saturated rings. The molecule has 41 heavy (non-hydrogen) atoms. The van der Waals surface area contributed by atoms with Crippen molar-refractivity contribution in [2.45, 2.75) is 39.4 Å². The summed E-state index contributed by atoms with van der Waals surface area (Å²) < 4.78 is 3.97. The molecule has 1 amide bonds. The molecule has 206 valence electrons. The van der Waals surface area contributed by atoms with E-state index in [9.17, 15) is 14.7 Å². The number of carboxylic acids is 1. The SMILES string of the molecule is CC(C)C[C@H](NC(=O)c1cn(Cc2cncn2Cc2ccc(C#N)cc2)cc1-c1cccc2ccccc12)C(=O)O. The summed E-state index contributed by atoms with van der Waals surface area (Å²) in [6.07, 6.45) is 7.61. The van der Waals surface area contributed by atoms with Gasteiger partial charge in [0.05, 0.1) is 35.8 Å². The van der Waals surface area contributed by atoms with Crippen molar-refractivity contribution in [3.63, 3.8) is 0 Å². The van der Waals surface area contributed by atoms with E-state index in [2.05, 4.69) is 16.4 Å². The van der Waals surface area contributed by atoms with Crippen molar-refractivity contribution in [3.8, 4) is 17.2 Å². The second-order valence-electron chi connectivity index (χ2n) is 10.6. The lowest BCUT2D eigenvalue weighted by atomic mass is 9.97. The molecule has 2 N–H and O–H groups in total. The number of nitrogens with zero attached hydrogens (tertiary/aromatic N) is 4. The van der Waals surface area contributed by atoms with E-state index in [-0.39, 0.29) is 5.92 Å². The van der Waals surface area contributed by atoms with Crippen LogP contribution in [0.1, 0.15) is 47.4 Å².